The SMILES string of the molecule is CC/C=C\C/C=C\C/C=C\C/C=C\C/C=C\CCCCCCCCCCCCCC(=O)OC(COC(=O)CCCCCCCCCCC/C=C\C/C=C\CCCCCCC)COC(OCC[N+](C)(C)C)C(=O)[O-]. The van der Waals surface area contributed by atoms with Crippen LogP contribution in [0.3, 0.4) is 0 Å². The molecule has 73 heavy (non-hydrogen) atoms. The molecule has 0 aromatic heterocycles. The molecule has 420 valence electrons. The van der Waals surface area contributed by atoms with E-state index in [1.54, 1.807) is 0 Å². The number of rotatable bonds is 54. The zero-order chi connectivity index (χ0) is 53.4. The fourth-order valence-electron chi connectivity index (χ4n) is 8.06. The maximum Gasteiger partial charge on any atom is 0.306 e. The number of quaternary nitrogens is 1. The van der Waals surface area contributed by atoms with Crippen LogP contribution in [0.25, 0.3) is 0 Å². The first-order valence-electron chi connectivity index (χ1n) is 29.7. The Balaban J connectivity index is 4.25. The van der Waals surface area contributed by atoms with Crippen LogP contribution in [0.2, 0.25) is 0 Å². The Morgan fingerprint density at radius 3 is 1.16 bits per heavy atom. The molecule has 0 aromatic rings. The number of esters is 2. The van der Waals surface area contributed by atoms with E-state index in [0.29, 0.717) is 17.4 Å². The summed E-state index contributed by atoms with van der Waals surface area (Å²) >= 11 is 0. The zero-order valence-electron chi connectivity index (χ0n) is 47.7. The summed E-state index contributed by atoms with van der Waals surface area (Å²) in [6.07, 6.45) is 69.1. The highest BCUT2D eigenvalue weighted by atomic mass is 16.7. The van der Waals surface area contributed by atoms with Crippen LogP contribution in [0.15, 0.2) is 85.1 Å². The van der Waals surface area contributed by atoms with Crippen LogP contribution < -0.4 is 5.11 Å². The van der Waals surface area contributed by atoms with Crippen molar-refractivity contribution in [2.45, 2.75) is 257 Å². The molecule has 0 aliphatic carbocycles. The van der Waals surface area contributed by atoms with Crippen LogP contribution in [-0.4, -0.2) is 82.3 Å². The number of carbonyl (C=O) groups excluding carboxylic acids is 3. The van der Waals surface area contributed by atoms with E-state index in [2.05, 4.69) is 98.9 Å². The number of hydrogen-bond acceptors (Lipinski definition) is 8. The molecule has 0 radical (unpaired) electrons. The van der Waals surface area contributed by atoms with E-state index in [1.807, 2.05) is 21.1 Å². The minimum atomic E-state index is -1.63. The molecule has 0 aliphatic heterocycles. The average Bonchev–Trinajstić information content (AvgIpc) is 3.36. The maximum absolute atomic E-state index is 12.9. The van der Waals surface area contributed by atoms with Gasteiger partial charge < -0.3 is 33.3 Å². The molecule has 0 aromatic carbocycles. The molecule has 0 N–H and O–H groups in total. The number of nitrogens with zero attached hydrogens (tertiary/aromatic N) is 1. The molecule has 2 atom stereocenters. The molecule has 0 saturated heterocycles. The third-order valence-corrected chi connectivity index (χ3v) is 12.6. The summed E-state index contributed by atoms with van der Waals surface area (Å²) in [5.74, 6) is -2.29. The summed E-state index contributed by atoms with van der Waals surface area (Å²) in [6.45, 7) is 4.63. The predicted octanol–water partition coefficient (Wildman–Crippen LogP) is 16.2. The fourth-order valence-corrected chi connectivity index (χ4v) is 8.06. The van der Waals surface area contributed by atoms with Crippen molar-refractivity contribution in [2.75, 3.05) is 47.5 Å². The van der Waals surface area contributed by atoms with Crippen LogP contribution in [0.1, 0.15) is 245 Å². The number of allylic oxidation sites excluding steroid dienone is 14. The molecule has 0 spiro atoms. The Hall–Kier alpha value is -3.53. The normalized spacial score (nSPS) is 13.4. The quantitative estimate of drug-likeness (QED) is 0.0195. The van der Waals surface area contributed by atoms with Gasteiger partial charge >= 0.3 is 11.9 Å². The fraction of sp³-hybridized carbons (Fsp3) is 0.734. The van der Waals surface area contributed by atoms with Crippen LogP contribution in [-0.2, 0) is 33.3 Å². The minimum Gasteiger partial charge on any atom is -0.545 e. The molecule has 9 nitrogen and oxygen atoms in total. The molecule has 0 bridgehead atoms. The van der Waals surface area contributed by atoms with Gasteiger partial charge in [0.05, 0.1) is 40.3 Å². The molecule has 0 heterocycles. The first kappa shape index (κ1) is 69.5. The van der Waals surface area contributed by atoms with Crippen LogP contribution in [0, 0.1) is 0 Å². The molecule has 0 amide bonds. The molecule has 0 rings (SSSR count). The van der Waals surface area contributed by atoms with Gasteiger partial charge in [0.25, 0.3) is 0 Å². The smallest absolute Gasteiger partial charge is 0.306 e. The van der Waals surface area contributed by atoms with E-state index >= 15 is 0 Å². The van der Waals surface area contributed by atoms with Crippen molar-refractivity contribution in [3.05, 3.63) is 85.1 Å². The van der Waals surface area contributed by atoms with Crippen LogP contribution in [0.5, 0.6) is 0 Å². The lowest BCUT2D eigenvalue weighted by molar-refractivity contribution is -0.870. The van der Waals surface area contributed by atoms with E-state index in [4.69, 9.17) is 18.9 Å². The highest BCUT2D eigenvalue weighted by molar-refractivity contribution is 5.70. The van der Waals surface area contributed by atoms with Crippen LogP contribution >= 0.6 is 0 Å². The van der Waals surface area contributed by atoms with Gasteiger partial charge in [-0.3, -0.25) is 9.59 Å². The predicted molar refractivity (Wildman–Crippen MR) is 306 cm³/mol. The van der Waals surface area contributed by atoms with E-state index < -0.39 is 24.3 Å². The number of hydrogen-bond donors (Lipinski definition) is 0. The van der Waals surface area contributed by atoms with Gasteiger partial charge in [0, 0.05) is 12.8 Å². The molecule has 0 saturated carbocycles. The van der Waals surface area contributed by atoms with Crippen molar-refractivity contribution in [2.24, 2.45) is 0 Å². The van der Waals surface area contributed by atoms with Gasteiger partial charge in [-0.25, -0.2) is 0 Å². The van der Waals surface area contributed by atoms with E-state index in [-0.39, 0.29) is 38.6 Å². The van der Waals surface area contributed by atoms with Gasteiger partial charge in [-0.1, -0.05) is 227 Å². The second kappa shape index (κ2) is 54.7. The Morgan fingerprint density at radius 1 is 0.425 bits per heavy atom. The summed E-state index contributed by atoms with van der Waals surface area (Å²) < 4.78 is 22.7. The van der Waals surface area contributed by atoms with E-state index in [1.165, 1.54) is 128 Å². The summed E-state index contributed by atoms with van der Waals surface area (Å²) in [5, 5.41) is 11.8. The van der Waals surface area contributed by atoms with Crippen molar-refractivity contribution in [1.82, 2.24) is 0 Å². The largest absolute Gasteiger partial charge is 0.545 e. The summed E-state index contributed by atoms with van der Waals surface area (Å²) in [5.41, 5.74) is 0. The molecule has 2 unspecified atom stereocenters. The minimum absolute atomic E-state index is 0.143. The first-order chi connectivity index (χ1) is 35.6. The van der Waals surface area contributed by atoms with Crippen molar-refractivity contribution in [1.29, 1.82) is 0 Å². The van der Waals surface area contributed by atoms with Gasteiger partial charge in [0.2, 0.25) is 0 Å². The van der Waals surface area contributed by atoms with Crippen molar-refractivity contribution >= 4 is 17.9 Å². The number of unbranched alkanes of at least 4 members (excludes halogenated alkanes) is 25. The highest BCUT2D eigenvalue weighted by Crippen LogP contribution is 2.16. The summed E-state index contributed by atoms with van der Waals surface area (Å²) in [6, 6.07) is 0. The third kappa shape index (κ3) is 56.0. The van der Waals surface area contributed by atoms with Gasteiger partial charge in [0.1, 0.15) is 13.2 Å². The second-order valence-corrected chi connectivity index (χ2v) is 20.9. The summed E-state index contributed by atoms with van der Waals surface area (Å²) in [4.78, 5) is 37.3. The lowest BCUT2D eigenvalue weighted by Gasteiger charge is -2.26. The van der Waals surface area contributed by atoms with Gasteiger partial charge in [-0.05, 0) is 89.9 Å². The Morgan fingerprint density at radius 2 is 0.781 bits per heavy atom. The molecule has 9 heteroatoms. The maximum atomic E-state index is 12.9. The van der Waals surface area contributed by atoms with Gasteiger partial charge in [-0.15, -0.1) is 0 Å². The summed E-state index contributed by atoms with van der Waals surface area (Å²) in [7, 11) is 5.92. The second-order valence-electron chi connectivity index (χ2n) is 20.9. The van der Waals surface area contributed by atoms with Gasteiger partial charge in [-0.2, -0.15) is 0 Å². The Kier molecular flexibility index (Phi) is 52.1. The number of likely N-dealkylation sites (N-methyl/N-ethyl adjacent to an activating group) is 1. The topological polar surface area (TPSA) is 111 Å². The van der Waals surface area contributed by atoms with Crippen LogP contribution in [0.4, 0.5) is 0 Å². The average molecular weight is 1020 g/mol. The molecular weight excluding hydrogens is 911 g/mol. The molecular formula is C64H111NO8. The first-order valence-corrected chi connectivity index (χ1v) is 29.7. The number of ether oxygens (including phenoxy) is 4. The highest BCUT2D eigenvalue weighted by Gasteiger charge is 2.22. The Labute approximate surface area is 449 Å². The zero-order valence-corrected chi connectivity index (χ0v) is 47.7. The van der Waals surface area contributed by atoms with Crippen molar-refractivity contribution in [3.63, 3.8) is 0 Å². The van der Waals surface area contributed by atoms with E-state index in [0.717, 1.165) is 83.5 Å². The number of carboxylic acid groups (broad SMARTS) is 1. The molecule has 0 fully saturated rings. The van der Waals surface area contributed by atoms with Crippen molar-refractivity contribution < 1.29 is 42.9 Å². The number of carbonyl (C=O) groups is 3. The number of aliphatic carboxylic acids is 1. The lowest BCUT2D eigenvalue weighted by Crippen LogP contribution is -2.44. The molecule has 0 aliphatic rings. The van der Waals surface area contributed by atoms with Crippen molar-refractivity contribution in [3.8, 4) is 0 Å². The Bertz CT molecular complexity index is 1470. The lowest BCUT2D eigenvalue weighted by atomic mass is 10.0. The van der Waals surface area contributed by atoms with Gasteiger partial charge in [0.15, 0.2) is 12.4 Å². The van der Waals surface area contributed by atoms with E-state index in [9.17, 15) is 19.5 Å². The number of carboxylic acids is 1. The monoisotopic (exact) mass is 1020 g/mol. The standard InChI is InChI=1S/C64H111NO8/c1-6-8-10-12-14-16-18-20-22-24-26-28-29-30-31-32-33-35-37-39-41-43-45-47-49-51-53-55-62(67)73-60(59-72-64(63(68)69)70-57-56-65(3,4)5)58-71-61(66)54-52-50-48-46-44-42-40-38-36-34-27-25-23-21-19-17-15-13-11-9-7-2/h8,10,14,16,19-22,25-28,30-31,60,64H,6-7,9,11-13,15,17-18,23-24,29,32-59H2,1-5H3/b10-8-,16-14-,21-19-,22-20-,27-25-,28-26-,31-30-. The third-order valence-electron chi connectivity index (χ3n) is 12.6.